The summed E-state index contributed by atoms with van der Waals surface area (Å²) in [6.45, 7) is 8.72. The van der Waals surface area contributed by atoms with Crippen LogP contribution in [-0.4, -0.2) is 12.0 Å². The summed E-state index contributed by atoms with van der Waals surface area (Å²) in [4.78, 5) is 12.7. The summed E-state index contributed by atoms with van der Waals surface area (Å²) in [7, 11) is 1.98. The monoisotopic (exact) mass is 426 g/mol. The molecule has 3 aromatic rings. The summed E-state index contributed by atoms with van der Waals surface area (Å²) in [5, 5.41) is 11.1. The number of hydrogen-bond acceptors (Lipinski definition) is 4. The smallest absolute Gasteiger partial charge is 0.269 e. The summed E-state index contributed by atoms with van der Waals surface area (Å²) in [5.41, 5.74) is 4.90. The maximum atomic E-state index is 11.1. The number of para-hydroxylation sites is 2. The van der Waals surface area contributed by atoms with Crippen molar-refractivity contribution in [2.24, 2.45) is 0 Å². The molecule has 0 aliphatic carbocycles. The van der Waals surface area contributed by atoms with Crippen molar-refractivity contribution in [1.82, 2.24) is 0 Å². The Morgan fingerprint density at radius 2 is 1.75 bits per heavy atom. The van der Waals surface area contributed by atoms with Crippen molar-refractivity contribution in [2.45, 2.75) is 25.7 Å². The van der Waals surface area contributed by atoms with Gasteiger partial charge >= 0.3 is 0 Å². The molecular weight excluding hydrogens is 400 g/mol. The molecule has 1 heterocycles. The van der Waals surface area contributed by atoms with Crippen LogP contribution in [0.2, 0.25) is 0 Å². The fraction of sp³-hybridized carbons (Fsp3) is 0.185. The molecule has 0 aromatic heterocycles. The van der Waals surface area contributed by atoms with E-state index in [1.165, 1.54) is 11.1 Å². The van der Waals surface area contributed by atoms with Gasteiger partial charge in [-0.1, -0.05) is 62.0 Å². The molecule has 0 radical (unpaired) electrons. The first-order chi connectivity index (χ1) is 15.3. The van der Waals surface area contributed by atoms with Crippen LogP contribution in [0.25, 0.3) is 0 Å². The Labute approximate surface area is 188 Å². The number of rotatable bonds is 6. The molecule has 0 spiro atoms. The van der Waals surface area contributed by atoms with Crippen molar-refractivity contribution in [1.29, 1.82) is 0 Å². The Hall–Kier alpha value is -3.86. The molecule has 5 nitrogen and oxygen atoms in total. The first kappa shape index (κ1) is 21.4. The molecular formula is C27H26N2O3. The second-order valence-electron chi connectivity index (χ2n) is 8.38. The largest absolute Gasteiger partial charge is 0.439 e. The van der Waals surface area contributed by atoms with Crippen LogP contribution in [0.15, 0.2) is 96.9 Å². The lowest BCUT2D eigenvalue weighted by Crippen LogP contribution is -2.28. The Balaban J connectivity index is 1.72. The van der Waals surface area contributed by atoms with Crippen LogP contribution >= 0.6 is 0 Å². The van der Waals surface area contributed by atoms with Crippen LogP contribution in [0.4, 0.5) is 11.4 Å². The zero-order valence-electron chi connectivity index (χ0n) is 18.5. The Morgan fingerprint density at radius 3 is 2.41 bits per heavy atom. The second-order valence-corrected chi connectivity index (χ2v) is 8.38. The number of nitrogens with zero attached hydrogens (tertiary/aromatic N) is 2. The standard InChI is InChI=1S/C27H26N2O3/c1-19-9-5-6-10-23(19)27(3,18-21-13-15-22(16-14-21)29(30)31)20(2)17-26-28(4)24-11-7-8-12-25(24)32-26/h5-17H,2,18H2,1,3-4H3/b26-17-. The number of benzene rings is 3. The topological polar surface area (TPSA) is 55.6 Å². The molecule has 1 unspecified atom stereocenters. The number of ether oxygens (including phenoxy) is 1. The summed E-state index contributed by atoms with van der Waals surface area (Å²) in [6.07, 6.45) is 2.65. The molecule has 5 heteroatoms. The van der Waals surface area contributed by atoms with Gasteiger partial charge in [-0.3, -0.25) is 10.1 Å². The van der Waals surface area contributed by atoms with E-state index in [1.807, 2.05) is 66.6 Å². The number of nitro groups is 1. The molecule has 162 valence electrons. The Morgan fingerprint density at radius 1 is 1.09 bits per heavy atom. The molecule has 1 atom stereocenters. The van der Waals surface area contributed by atoms with Gasteiger partial charge in [0, 0.05) is 30.7 Å². The van der Waals surface area contributed by atoms with Crippen molar-refractivity contribution in [3.8, 4) is 5.75 Å². The van der Waals surface area contributed by atoms with Gasteiger partial charge in [-0.05, 0) is 47.7 Å². The number of aryl methyl sites for hydroxylation is 1. The van der Waals surface area contributed by atoms with Gasteiger partial charge < -0.3 is 9.64 Å². The minimum atomic E-state index is -0.437. The van der Waals surface area contributed by atoms with Crippen LogP contribution in [-0.2, 0) is 11.8 Å². The first-order valence-corrected chi connectivity index (χ1v) is 10.5. The molecule has 0 saturated carbocycles. The number of allylic oxidation sites excluding steroid dienone is 2. The molecule has 4 rings (SSSR count). The van der Waals surface area contributed by atoms with Crippen molar-refractivity contribution >= 4 is 11.4 Å². The molecule has 0 fully saturated rings. The van der Waals surface area contributed by atoms with Gasteiger partial charge in [0.25, 0.3) is 5.69 Å². The van der Waals surface area contributed by atoms with E-state index in [-0.39, 0.29) is 10.6 Å². The second kappa shape index (κ2) is 8.35. The predicted molar refractivity (Wildman–Crippen MR) is 128 cm³/mol. The predicted octanol–water partition coefficient (Wildman–Crippen LogP) is 6.33. The van der Waals surface area contributed by atoms with Crippen molar-refractivity contribution in [3.05, 3.63) is 124 Å². The number of anilines is 1. The van der Waals surface area contributed by atoms with Crippen LogP contribution < -0.4 is 9.64 Å². The fourth-order valence-electron chi connectivity index (χ4n) is 4.27. The molecule has 0 bridgehead atoms. The van der Waals surface area contributed by atoms with Crippen molar-refractivity contribution < 1.29 is 9.66 Å². The SMILES string of the molecule is C=C(/C=C1\Oc2ccccc2N1C)C(C)(Cc1ccc([N+](=O)[O-])cc1)c1ccccc1C. The van der Waals surface area contributed by atoms with E-state index >= 15 is 0 Å². The zero-order valence-corrected chi connectivity index (χ0v) is 18.5. The Bertz CT molecular complexity index is 1210. The summed E-state index contributed by atoms with van der Waals surface area (Å²) >= 11 is 0. The molecule has 1 aliphatic rings. The summed E-state index contributed by atoms with van der Waals surface area (Å²) in [6, 6.07) is 22.9. The normalized spacial score (nSPS) is 15.7. The number of nitro benzene ring substituents is 1. The molecule has 0 amide bonds. The van der Waals surface area contributed by atoms with E-state index in [9.17, 15) is 10.1 Å². The number of hydrogen-bond donors (Lipinski definition) is 0. The van der Waals surface area contributed by atoms with Crippen LogP contribution in [0.3, 0.4) is 0 Å². The fourth-order valence-corrected chi connectivity index (χ4v) is 4.27. The summed E-state index contributed by atoms with van der Waals surface area (Å²) in [5.74, 6) is 1.54. The molecule has 0 N–H and O–H groups in total. The highest BCUT2D eigenvalue weighted by Gasteiger charge is 2.33. The minimum Gasteiger partial charge on any atom is -0.439 e. The van der Waals surface area contributed by atoms with E-state index in [2.05, 4.69) is 32.6 Å². The third-order valence-electron chi connectivity index (χ3n) is 6.22. The maximum Gasteiger partial charge on any atom is 0.269 e. The van der Waals surface area contributed by atoms with E-state index in [4.69, 9.17) is 4.74 Å². The van der Waals surface area contributed by atoms with Crippen LogP contribution in [0.5, 0.6) is 5.75 Å². The third-order valence-corrected chi connectivity index (χ3v) is 6.22. The Kier molecular flexibility index (Phi) is 5.57. The first-order valence-electron chi connectivity index (χ1n) is 10.5. The van der Waals surface area contributed by atoms with Crippen molar-refractivity contribution in [2.75, 3.05) is 11.9 Å². The minimum absolute atomic E-state index is 0.0889. The van der Waals surface area contributed by atoms with Gasteiger partial charge in [0.2, 0.25) is 5.88 Å². The maximum absolute atomic E-state index is 11.1. The van der Waals surface area contributed by atoms with E-state index in [0.29, 0.717) is 6.42 Å². The van der Waals surface area contributed by atoms with Crippen LogP contribution in [0, 0.1) is 17.0 Å². The average Bonchev–Trinajstić information content (AvgIpc) is 3.09. The highest BCUT2D eigenvalue weighted by Crippen LogP contribution is 2.41. The highest BCUT2D eigenvalue weighted by molar-refractivity contribution is 5.66. The zero-order chi connectivity index (χ0) is 22.9. The van der Waals surface area contributed by atoms with Gasteiger partial charge in [0.05, 0.1) is 10.6 Å². The number of fused-ring (bicyclic) bond motifs is 1. The lowest BCUT2D eigenvalue weighted by atomic mass is 9.70. The lowest BCUT2D eigenvalue weighted by molar-refractivity contribution is -0.384. The van der Waals surface area contributed by atoms with Gasteiger partial charge in [-0.25, -0.2) is 0 Å². The van der Waals surface area contributed by atoms with E-state index < -0.39 is 5.41 Å². The highest BCUT2D eigenvalue weighted by atomic mass is 16.6. The molecule has 1 aliphatic heterocycles. The quantitative estimate of drug-likeness (QED) is 0.341. The summed E-state index contributed by atoms with van der Waals surface area (Å²) < 4.78 is 6.09. The van der Waals surface area contributed by atoms with Gasteiger partial charge in [0.1, 0.15) is 0 Å². The van der Waals surface area contributed by atoms with Gasteiger partial charge in [-0.15, -0.1) is 0 Å². The third kappa shape index (κ3) is 3.89. The average molecular weight is 427 g/mol. The molecule has 0 saturated heterocycles. The van der Waals surface area contributed by atoms with Crippen LogP contribution in [0.1, 0.15) is 23.6 Å². The molecule has 3 aromatic carbocycles. The molecule has 32 heavy (non-hydrogen) atoms. The van der Waals surface area contributed by atoms with Crippen molar-refractivity contribution in [3.63, 3.8) is 0 Å². The lowest BCUT2D eigenvalue weighted by Gasteiger charge is -2.33. The van der Waals surface area contributed by atoms with Gasteiger partial charge in [0.15, 0.2) is 5.75 Å². The van der Waals surface area contributed by atoms with Gasteiger partial charge in [-0.2, -0.15) is 0 Å². The number of non-ortho nitro benzene ring substituents is 1. The van der Waals surface area contributed by atoms with E-state index in [1.54, 1.807) is 12.1 Å². The van der Waals surface area contributed by atoms with E-state index in [0.717, 1.165) is 28.5 Å².